The van der Waals surface area contributed by atoms with Crippen LogP contribution < -0.4 is 10.1 Å². The molecule has 0 aliphatic rings. The first-order valence-corrected chi connectivity index (χ1v) is 8.94. The third kappa shape index (κ3) is 4.59. The summed E-state index contributed by atoms with van der Waals surface area (Å²) in [5, 5.41) is 2.79. The topological polar surface area (TPSA) is 89.9 Å². The monoisotopic (exact) mass is 383 g/mol. The summed E-state index contributed by atoms with van der Waals surface area (Å²) >= 11 is 0. The van der Waals surface area contributed by atoms with Crippen LogP contribution in [-0.4, -0.2) is 25.8 Å². The number of benzene rings is 1. The van der Waals surface area contributed by atoms with Crippen molar-refractivity contribution in [2.45, 2.75) is 6.92 Å². The van der Waals surface area contributed by atoms with Crippen molar-refractivity contribution in [2.75, 3.05) is 5.32 Å². The Kier molecular flexibility index (Phi) is 5.20. The number of rotatable bonds is 5. The number of hydrogen-bond acceptors (Lipinski definition) is 6. The summed E-state index contributed by atoms with van der Waals surface area (Å²) in [7, 11) is 0. The van der Waals surface area contributed by atoms with E-state index >= 15 is 0 Å². The van der Waals surface area contributed by atoms with E-state index in [2.05, 4.69) is 25.3 Å². The summed E-state index contributed by atoms with van der Waals surface area (Å²) in [5.41, 5.74) is 2.58. The van der Waals surface area contributed by atoms with Crippen molar-refractivity contribution in [1.82, 2.24) is 19.9 Å². The van der Waals surface area contributed by atoms with Gasteiger partial charge in [-0.2, -0.15) is 4.98 Å². The van der Waals surface area contributed by atoms with Crippen molar-refractivity contribution in [3.05, 3.63) is 90.5 Å². The number of aryl methyl sites for hydroxylation is 1. The molecule has 29 heavy (non-hydrogen) atoms. The quantitative estimate of drug-likeness (QED) is 0.553. The first-order chi connectivity index (χ1) is 14.2. The first-order valence-electron chi connectivity index (χ1n) is 8.94. The molecule has 0 saturated heterocycles. The van der Waals surface area contributed by atoms with Crippen molar-refractivity contribution in [3.8, 4) is 23.1 Å². The van der Waals surface area contributed by atoms with Crippen molar-refractivity contribution in [2.24, 2.45) is 0 Å². The molecule has 1 N–H and O–H groups in total. The van der Waals surface area contributed by atoms with Gasteiger partial charge in [0.1, 0.15) is 11.4 Å². The molecule has 0 fully saturated rings. The predicted octanol–water partition coefficient (Wildman–Crippen LogP) is 4.29. The number of amides is 1. The van der Waals surface area contributed by atoms with E-state index in [1.165, 1.54) is 0 Å². The van der Waals surface area contributed by atoms with E-state index in [-0.39, 0.29) is 5.91 Å². The first kappa shape index (κ1) is 18.2. The van der Waals surface area contributed by atoms with Crippen LogP contribution in [0.4, 0.5) is 5.69 Å². The smallest absolute Gasteiger partial charge is 0.255 e. The third-order valence-electron chi connectivity index (χ3n) is 3.98. The second-order valence-electron chi connectivity index (χ2n) is 6.21. The molecule has 0 aliphatic carbocycles. The zero-order valence-electron chi connectivity index (χ0n) is 15.6. The lowest BCUT2D eigenvalue weighted by atomic mass is 10.2. The lowest BCUT2D eigenvalue weighted by Crippen LogP contribution is -2.11. The summed E-state index contributed by atoms with van der Waals surface area (Å²) in [5.74, 6) is 1.24. The van der Waals surface area contributed by atoms with E-state index in [0.717, 1.165) is 5.69 Å². The van der Waals surface area contributed by atoms with Crippen LogP contribution in [0.3, 0.4) is 0 Å². The minimum absolute atomic E-state index is 0.222. The largest absolute Gasteiger partial charge is 0.439 e. The van der Waals surface area contributed by atoms with Crippen LogP contribution in [0.1, 0.15) is 16.1 Å². The standard InChI is InChI=1S/C22H17N5O2/c1-15-13-20(27-21(25-15)19-6-2-3-12-24-19)29-18-9-7-16(8-10-18)22(28)26-17-5-4-11-23-14-17/h2-14H,1H3,(H,26,28). The van der Waals surface area contributed by atoms with Gasteiger partial charge in [0.05, 0.1) is 11.9 Å². The number of nitrogens with zero attached hydrogens (tertiary/aromatic N) is 4. The Bertz CT molecular complexity index is 1120. The SMILES string of the molecule is Cc1cc(Oc2ccc(C(=O)Nc3cccnc3)cc2)nc(-c2ccccn2)n1. The Balaban J connectivity index is 1.49. The van der Waals surface area contributed by atoms with Crippen molar-refractivity contribution >= 4 is 11.6 Å². The Morgan fingerprint density at radius 3 is 2.55 bits per heavy atom. The van der Waals surface area contributed by atoms with Crippen molar-refractivity contribution < 1.29 is 9.53 Å². The van der Waals surface area contributed by atoms with Gasteiger partial charge in [-0.05, 0) is 55.5 Å². The highest BCUT2D eigenvalue weighted by Crippen LogP contribution is 2.23. The summed E-state index contributed by atoms with van der Waals surface area (Å²) in [4.78, 5) is 29.4. The maximum absolute atomic E-state index is 12.3. The Hall–Kier alpha value is -4.13. The summed E-state index contributed by atoms with van der Waals surface area (Å²) in [6.07, 6.45) is 4.93. The molecular formula is C22H17N5O2. The highest BCUT2D eigenvalue weighted by atomic mass is 16.5. The van der Waals surface area contributed by atoms with E-state index < -0.39 is 0 Å². The number of nitrogens with one attached hydrogen (secondary N) is 1. The zero-order valence-corrected chi connectivity index (χ0v) is 15.6. The van der Waals surface area contributed by atoms with E-state index in [9.17, 15) is 4.79 Å². The zero-order chi connectivity index (χ0) is 20.1. The Morgan fingerprint density at radius 1 is 0.966 bits per heavy atom. The molecule has 4 rings (SSSR count). The molecule has 0 radical (unpaired) electrons. The van der Waals surface area contributed by atoms with Crippen LogP contribution in [-0.2, 0) is 0 Å². The van der Waals surface area contributed by atoms with E-state index in [4.69, 9.17) is 4.74 Å². The van der Waals surface area contributed by atoms with Gasteiger partial charge in [0.2, 0.25) is 5.88 Å². The molecule has 3 heterocycles. The minimum atomic E-state index is -0.222. The molecular weight excluding hydrogens is 366 g/mol. The van der Waals surface area contributed by atoms with Crippen LogP contribution in [0.2, 0.25) is 0 Å². The van der Waals surface area contributed by atoms with E-state index in [1.54, 1.807) is 61.1 Å². The maximum atomic E-state index is 12.3. The second kappa shape index (κ2) is 8.26. The average molecular weight is 383 g/mol. The lowest BCUT2D eigenvalue weighted by Gasteiger charge is -2.09. The average Bonchev–Trinajstić information content (AvgIpc) is 2.75. The fourth-order valence-corrected chi connectivity index (χ4v) is 2.64. The molecule has 0 aliphatic heterocycles. The molecule has 3 aromatic heterocycles. The molecule has 0 bridgehead atoms. The summed E-state index contributed by atoms with van der Waals surface area (Å²) < 4.78 is 5.85. The van der Waals surface area contributed by atoms with Gasteiger partial charge >= 0.3 is 0 Å². The molecule has 7 heteroatoms. The highest BCUT2D eigenvalue weighted by molar-refractivity contribution is 6.04. The van der Waals surface area contributed by atoms with Crippen LogP contribution in [0, 0.1) is 6.92 Å². The van der Waals surface area contributed by atoms with Crippen molar-refractivity contribution in [3.63, 3.8) is 0 Å². The molecule has 142 valence electrons. The van der Waals surface area contributed by atoms with Crippen molar-refractivity contribution in [1.29, 1.82) is 0 Å². The number of anilines is 1. The van der Waals surface area contributed by atoms with Crippen LogP contribution >= 0.6 is 0 Å². The van der Waals surface area contributed by atoms with Gasteiger partial charge in [-0.25, -0.2) is 4.98 Å². The minimum Gasteiger partial charge on any atom is -0.439 e. The van der Waals surface area contributed by atoms with Gasteiger partial charge in [-0.15, -0.1) is 0 Å². The fourth-order valence-electron chi connectivity index (χ4n) is 2.64. The van der Waals surface area contributed by atoms with Gasteiger partial charge in [0.25, 0.3) is 5.91 Å². The molecule has 0 saturated carbocycles. The Labute approximate surface area is 167 Å². The fraction of sp³-hybridized carbons (Fsp3) is 0.0455. The second-order valence-corrected chi connectivity index (χ2v) is 6.21. The molecule has 0 unspecified atom stereocenters. The number of hydrogen-bond donors (Lipinski definition) is 1. The van der Waals surface area contributed by atoms with Gasteiger partial charge in [-0.3, -0.25) is 14.8 Å². The van der Waals surface area contributed by atoms with Gasteiger partial charge in [0.15, 0.2) is 5.82 Å². The highest BCUT2D eigenvalue weighted by Gasteiger charge is 2.09. The van der Waals surface area contributed by atoms with Crippen LogP contribution in [0.25, 0.3) is 11.5 Å². The maximum Gasteiger partial charge on any atom is 0.255 e. The predicted molar refractivity (Wildman–Crippen MR) is 109 cm³/mol. The number of aromatic nitrogens is 4. The van der Waals surface area contributed by atoms with Gasteiger partial charge in [0, 0.05) is 29.7 Å². The van der Waals surface area contributed by atoms with Crippen LogP contribution in [0.15, 0.2) is 79.3 Å². The number of ether oxygens (including phenoxy) is 1. The molecule has 4 aromatic rings. The summed E-state index contributed by atoms with van der Waals surface area (Å²) in [6, 6.07) is 17.7. The lowest BCUT2D eigenvalue weighted by molar-refractivity contribution is 0.102. The molecule has 0 atom stereocenters. The molecule has 1 amide bonds. The molecule has 1 aromatic carbocycles. The third-order valence-corrected chi connectivity index (χ3v) is 3.98. The van der Waals surface area contributed by atoms with E-state index in [1.807, 2.05) is 25.1 Å². The van der Waals surface area contributed by atoms with E-state index in [0.29, 0.717) is 34.4 Å². The number of pyridine rings is 2. The number of carbonyl (C=O) groups is 1. The molecule has 0 spiro atoms. The van der Waals surface area contributed by atoms with Crippen LogP contribution in [0.5, 0.6) is 11.6 Å². The normalized spacial score (nSPS) is 10.4. The van der Waals surface area contributed by atoms with Gasteiger partial charge in [-0.1, -0.05) is 6.07 Å². The summed E-state index contributed by atoms with van der Waals surface area (Å²) in [6.45, 7) is 1.87. The number of carbonyl (C=O) groups excluding carboxylic acids is 1. The van der Waals surface area contributed by atoms with Gasteiger partial charge < -0.3 is 10.1 Å². The Morgan fingerprint density at radius 2 is 1.83 bits per heavy atom. The molecule has 7 nitrogen and oxygen atoms in total.